The van der Waals surface area contributed by atoms with E-state index in [9.17, 15) is 4.79 Å². The average Bonchev–Trinajstić information content (AvgIpc) is 3.21. The number of hydrogen-bond donors (Lipinski definition) is 2. The van der Waals surface area contributed by atoms with Crippen LogP contribution in [0.25, 0.3) is 0 Å². The molecule has 1 amide bonds. The first-order chi connectivity index (χ1) is 9.06. The first kappa shape index (κ1) is 14.1. The van der Waals surface area contributed by atoms with E-state index < -0.39 is 0 Å². The maximum atomic E-state index is 11.9. The molecule has 2 N–H and O–H groups in total. The largest absolute Gasteiger partial charge is 0.326 e. The standard InChI is InChI=1S/C16H24N2O/c1-11(2)12(3)16(19)18-15-6-4-13(5-7-15)10-17-14-8-9-14/h4-7,11-12,14,17H,8-10H2,1-3H3,(H,18,19). The zero-order chi connectivity index (χ0) is 13.8. The second-order valence-corrected chi connectivity index (χ2v) is 5.87. The van der Waals surface area contributed by atoms with Crippen LogP contribution in [0.1, 0.15) is 39.2 Å². The lowest BCUT2D eigenvalue weighted by Gasteiger charge is -2.15. The van der Waals surface area contributed by atoms with E-state index in [-0.39, 0.29) is 11.8 Å². The van der Waals surface area contributed by atoms with Crippen molar-refractivity contribution in [3.63, 3.8) is 0 Å². The summed E-state index contributed by atoms with van der Waals surface area (Å²) in [5, 5.41) is 6.45. The summed E-state index contributed by atoms with van der Waals surface area (Å²) in [5.74, 6) is 0.497. The van der Waals surface area contributed by atoms with Crippen molar-refractivity contribution in [2.75, 3.05) is 5.32 Å². The average molecular weight is 260 g/mol. The lowest BCUT2D eigenvalue weighted by Crippen LogP contribution is -2.24. The zero-order valence-corrected chi connectivity index (χ0v) is 12.1. The quantitative estimate of drug-likeness (QED) is 0.825. The van der Waals surface area contributed by atoms with Crippen molar-refractivity contribution in [1.82, 2.24) is 5.32 Å². The van der Waals surface area contributed by atoms with Crippen LogP contribution in [0, 0.1) is 11.8 Å². The number of carbonyl (C=O) groups excluding carboxylic acids is 1. The van der Waals surface area contributed by atoms with E-state index in [2.05, 4.69) is 36.6 Å². The van der Waals surface area contributed by atoms with Crippen molar-refractivity contribution in [3.05, 3.63) is 29.8 Å². The van der Waals surface area contributed by atoms with Crippen molar-refractivity contribution < 1.29 is 4.79 Å². The highest BCUT2D eigenvalue weighted by Crippen LogP contribution is 2.20. The number of carbonyl (C=O) groups is 1. The van der Waals surface area contributed by atoms with Crippen LogP contribution in [0.15, 0.2) is 24.3 Å². The van der Waals surface area contributed by atoms with Crippen LogP contribution in [-0.2, 0) is 11.3 Å². The fraction of sp³-hybridized carbons (Fsp3) is 0.562. The Kier molecular flexibility index (Phi) is 4.59. The van der Waals surface area contributed by atoms with Gasteiger partial charge in [0.15, 0.2) is 0 Å². The van der Waals surface area contributed by atoms with Crippen LogP contribution in [-0.4, -0.2) is 11.9 Å². The molecule has 19 heavy (non-hydrogen) atoms. The van der Waals surface area contributed by atoms with Gasteiger partial charge in [0.05, 0.1) is 0 Å². The summed E-state index contributed by atoms with van der Waals surface area (Å²) in [6.45, 7) is 7.02. The number of amides is 1. The minimum absolute atomic E-state index is 0.0382. The third-order valence-electron chi connectivity index (χ3n) is 3.81. The molecule has 1 aromatic carbocycles. The second-order valence-electron chi connectivity index (χ2n) is 5.87. The fourth-order valence-corrected chi connectivity index (χ4v) is 1.81. The normalized spacial score (nSPS) is 16.4. The SMILES string of the molecule is CC(C)C(C)C(=O)Nc1ccc(CNC2CC2)cc1. The van der Waals surface area contributed by atoms with Crippen molar-refractivity contribution in [2.45, 2.75) is 46.2 Å². The minimum Gasteiger partial charge on any atom is -0.326 e. The van der Waals surface area contributed by atoms with Gasteiger partial charge in [-0.05, 0) is 36.5 Å². The topological polar surface area (TPSA) is 41.1 Å². The summed E-state index contributed by atoms with van der Waals surface area (Å²) >= 11 is 0. The first-order valence-electron chi connectivity index (χ1n) is 7.19. The van der Waals surface area contributed by atoms with Gasteiger partial charge in [0.2, 0.25) is 5.91 Å². The Hall–Kier alpha value is -1.35. The Labute approximate surface area is 115 Å². The van der Waals surface area contributed by atoms with E-state index in [1.165, 1.54) is 18.4 Å². The summed E-state index contributed by atoms with van der Waals surface area (Å²) in [6, 6.07) is 8.84. The summed E-state index contributed by atoms with van der Waals surface area (Å²) in [7, 11) is 0. The summed E-state index contributed by atoms with van der Waals surface area (Å²) in [5.41, 5.74) is 2.15. The number of rotatable bonds is 6. The van der Waals surface area contributed by atoms with Gasteiger partial charge in [-0.2, -0.15) is 0 Å². The van der Waals surface area contributed by atoms with Gasteiger partial charge in [0, 0.05) is 24.2 Å². The van der Waals surface area contributed by atoms with Crippen molar-refractivity contribution >= 4 is 11.6 Å². The van der Waals surface area contributed by atoms with Gasteiger partial charge in [0.25, 0.3) is 0 Å². The molecule has 1 aliphatic rings. The fourth-order valence-electron chi connectivity index (χ4n) is 1.81. The minimum atomic E-state index is 0.0382. The predicted octanol–water partition coefficient (Wildman–Crippen LogP) is 3.17. The molecule has 2 rings (SSSR count). The molecule has 1 aromatic rings. The van der Waals surface area contributed by atoms with Gasteiger partial charge in [-0.1, -0.05) is 32.9 Å². The van der Waals surface area contributed by atoms with Gasteiger partial charge < -0.3 is 10.6 Å². The maximum Gasteiger partial charge on any atom is 0.227 e. The molecule has 1 saturated carbocycles. The predicted molar refractivity (Wildman–Crippen MR) is 78.9 cm³/mol. The van der Waals surface area contributed by atoms with Gasteiger partial charge in [-0.15, -0.1) is 0 Å². The Balaban J connectivity index is 1.85. The molecule has 0 bridgehead atoms. The Morgan fingerprint density at radius 3 is 2.37 bits per heavy atom. The molecular formula is C16H24N2O. The molecule has 1 fully saturated rings. The molecule has 0 radical (unpaired) electrons. The van der Waals surface area contributed by atoms with Crippen LogP contribution >= 0.6 is 0 Å². The van der Waals surface area contributed by atoms with Gasteiger partial charge in [0.1, 0.15) is 0 Å². The molecule has 0 aromatic heterocycles. The molecule has 1 unspecified atom stereocenters. The lowest BCUT2D eigenvalue weighted by atomic mass is 9.97. The Morgan fingerprint density at radius 1 is 1.21 bits per heavy atom. The van der Waals surface area contributed by atoms with Gasteiger partial charge >= 0.3 is 0 Å². The number of anilines is 1. The Morgan fingerprint density at radius 2 is 1.84 bits per heavy atom. The van der Waals surface area contributed by atoms with E-state index in [1.807, 2.05) is 19.1 Å². The number of nitrogens with one attached hydrogen (secondary N) is 2. The molecule has 0 heterocycles. The smallest absolute Gasteiger partial charge is 0.227 e. The molecule has 0 saturated heterocycles. The molecular weight excluding hydrogens is 236 g/mol. The van der Waals surface area contributed by atoms with E-state index in [4.69, 9.17) is 0 Å². The van der Waals surface area contributed by atoms with Crippen LogP contribution in [0.3, 0.4) is 0 Å². The van der Waals surface area contributed by atoms with E-state index >= 15 is 0 Å². The first-order valence-corrected chi connectivity index (χ1v) is 7.19. The molecule has 1 aliphatic carbocycles. The third kappa shape index (κ3) is 4.35. The highest BCUT2D eigenvalue weighted by molar-refractivity contribution is 5.92. The maximum absolute atomic E-state index is 11.9. The Bertz CT molecular complexity index is 421. The molecule has 0 spiro atoms. The van der Waals surface area contributed by atoms with Crippen LogP contribution in [0.4, 0.5) is 5.69 Å². The molecule has 0 aliphatic heterocycles. The van der Waals surface area contributed by atoms with Gasteiger partial charge in [-0.3, -0.25) is 4.79 Å². The molecule has 1 atom stereocenters. The van der Waals surface area contributed by atoms with E-state index in [0.717, 1.165) is 18.3 Å². The van der Waals surface area contributed by atoms with Gasteiger partial charge in [-0.25, -0.2) is 0 Å². The van der Waals surface area contributed by atoms with E-state index in [0.29, 0.717) is 5.92 Å². The molecule has 3 nitrogen and oxygen atoms in total. The third-order valence-corrected chi connectivity index (χ3v) is 3.81. The van der Waals surface area contributed by atoms with Crippen molar-refractivity contribution in [2.24, 2.45) is 11.8 Å². The van der Waals surface area contributed by atoms with Crippen LogP contribution in [0.5, 0.6) is 0 Å². The monoisotopic (exact) mass is 260 g/mol. The highest BCUT2D eigenvalue weighted by atomic mass is 16.1. The van der Waals surface area contributed by atoms with Crippen molar-refractivity contribution in [3.8, 4) is 0 Å². The zero-order valence-electron chi connectivity index (χ0n) is 12.1. The summed E-state index contributed by atoms with van der Waals surface area (Å²) in [4.78, 5) is 11.9. The molecule has 3 heteroatoms. The van der Waals surface area contributed by atoms with Crippen molar-refractivity contribution in [1.29, 1.82) is 0 Å². The highest BCUT2D eigenvalue weighted by Gasteiger charge is 2.20. The summed E-state index contributed by atoms with van der Waals surface area (Å²) < 4.78 is 0. The van der Waals surface area contributed by atoms with E-state index in [1.54, 1.807) is 0 Å². The van der Waals surface area contributed by atoms with Crippen LogP contribution in [0.2, 0.25) is 0 Å². The number of benzene rings is 1. The van der Waals surface area contributed by atoms with Crippen LogP contribution < -0.4 is 10.6 Å². The number of hydrogen-bond acceptors (Lipinski definition) is 2. The molecule has 104 valence electrons. The summed E-state index contributed by atoms with van der Waals surface area (Å²) in [6.07, 6.45) is 2.61. The lowest BCUT2D eigenvalue weighted by molar-refractivity contribution is -0.120. The second kappa shape index (κ2) is 6.20.